The highest BCUT2D eigenvalue weighted by atomic mass is 32.2. The molecule has 1 heterocycles. The SMILES string of the molecule is COc1ccc(S(=O)(=O)N(CC(C)C)C[C@H](O)[C@H](Cc2ccccc2)NC(=O)[C@H](C(C)C)N2CC(=O)N(Cc3ccccc3)C2=O)cc1. The molecule has 3 aromatic carbocycles. The van der Waals surface area contributed by atoms with Crippen LogP contribution in [0.4, 0.5) is 4.79 Å². The maximum absolute atomic E-state index is 14.0. The monoisotopic (exact) mass is 678 g/mol. The zero-order valence-corrected chi connectivity index (χ0v) is 29.0. The van der Waals surface area contributed by atoms with Gasteiger partial charge in [0.05, 0.1) is 30.7 Å². The minimum atomic E-state index is -4.03. The Kier molecular flexibility index (Phi) is 12.4. The van der Waals surface area contributed by atoms with Crippen molar-refractivity contribution in [1.29, 1.82) is 0 Å². The van der Waals surface area contributed by atoms with Crippen molar-refractivity contribution in [2.45, 2.75) is 63.7 Å². The van der Waals surface area contributed by atoms with Crippen LogP contribution in [0.1, 0.15) is 38.8 Å². The number of aliphatic hydroxyl groups excluding tert-OH is 1. The molecule has 1 aliphatic rings. The Morgan fingerprint density at radius 2 is 1.48 bits per heavy atom. The average molecular weight is 679 g/mol. The van der Waals surface area contributed by atoms with Gasteiger partial charge in [0.2, 0.25) is 15.9 Å². The van der Waals surface area contributed by atoms with Gasteiger partial charge in [-0.1, -0.05) is 88.4 Å². The number of aliphatic hydroxyl groups is 1. The molecule has 2 N–H and O–H groups in total. The van der Waals surface area contributed by atoms with Crippen LogP contribution in [-0.4, -0.2) is 90.4 Å². The van der Waals surface area contributed by atoms with Gasteiger partial charge in [0.1, 0.15) is 18.3 Å². The number of benzene rings is 3. The van der Waals surface area contributed by atoms with Crippen LogP contribution in [0, 0.1) is 11.8 Å². The molecule has 1 saturated heterocycles. The molecule has 0 aliphatic carbocycles. The standard InChI is InChI=1S/C36H46N4O7S/c1-25(2)21-38(48(45,46)30-18-16-29(47-5)17-19-30)23-32(41)31(20-27-12-8-6-9-13-27)37-35(43)34(26(3)4)40-24-33(42)39(36(40)44)22-28-14-10-7-11-15-28/h6-19,25-26,31-32,34,41H,20-24H2,1-5H3,(H,37,43)/t31-,32-,34-/m0/s1. The summed E-state index contributed by atoms with van der Waals surface area (Å²) in [5.41, 5.74) is 1.60. The van der Waals surface area contributed by atoms with E-state index in [0.717, 1.165) is 16.0 Å². The van der Waals surface area contributed by atoms with E-state index in [4.69, 9.17) is 4.74 Å². The van der Waals surface area contributed by atoms with E-state index in [1.165, 1.54) is 28.4 Å². The maximum atomic E-state index is 14.0. The number of hydrogen-bond acceptors (Lipinski definition) is 7. The third-order valence-corrected chi connectivity index (χ3v) is 10.1. The van der Waals surface area contributed by atoms with E-state index < -0.39 is 46.1 Å². The Labute approximate surface area is 283 Å². The Bertz CT molecular complexity index is 1630. The van der Waals surface area contributed by atoms with Gasteiger partial charge in [-0.25, -0.2) is 13.2 Å². The summed E-state index contributed by atoms with van der Waals surface area (Å²) in [5, 5.41) is 14.6. The lowest BCUT2D eigenvalue weighted by atomic mass is 9.97. The van der Waals surface area contributed by atoms with Crippen LogP contribution in [0.2, 0.25) is 0 Å². The summed E-state index contributed by atoms with van der Waals surface area (Å²) >= 11 is 0. The molecule has 0 aromatic heterocycles. The minimum Gasteiger partial charge on any atom is -0.497 e. The number of sulfonamides is 1. The molecule has 0 radical (unpaired) electrons. The van der Waals surface area contributed by atoms with Gasteiger partial charge >= 0.3 is 6.03 Å². The van der Waals surface area contributed by atoms with E-state index in [1.54, 1.807) is 26.0 Å². The highest BCUT2D eigenvalue weighted by molar-refractivity contribution is 7.89. The first-order chi connectivity index (χ1) is 22.8. The zero-order chi connectivity index (χ0) is 35.0. The van der Waals surface area contributed by atoms with Crippen LogP contribution < -0.4 is 10.1 Å². The van der Waals surface area contributed by atoms with Crippen molar-refractivity contribution >= 4 is 27.9 Å². The second-order valence-electron chi connectivity index (χ2n) is 12.8. The average Bonchev–Trinajstić information content (AvgIpc) is 3.32. The summed E-state index contributed by atoms with van der Waals surface area (Å²) in [7, 11) is -2.54. The fourth-order valence-corrected chi connectivity index (χ4v) is 7.46. The maximum Gasteiger partial charge on any atom is 0.328 e. The molecule has 1 aliphatic heterocycles. The third kappa shape index (κ3) is 9.00. The number of amides is 4. The van der Waals surface area contributed by atoms with Gasteiger partial charge in [0.25, 0.3) is 5.91 Å². The van der Waals surface area contributed by atoms with E-state index in [9.17, 15) is 27.9 Å². The number of imide groups is 1. The van der Waals surface area contributed by atoms with Crippen LogP contribution in [0.5, 0.6) is 5.75 Å². The van der Waals surface area contributed by atoms with E-state index in [-0.39, 0.29) is 49.3 Å². The number of methoxy groups -OCH3 is 1. The van der Waals surface area contributed by atoms with Crippen molar-refractivity contribution in [2.75, 3.05) is 26.7 Å². The molecule has 0 unspecified atom stereocenters. The Morgan fingerprint density at radius 3 is 2.02 bits per heavy atom. The van der Waals surface area contributed by atoms with Gasteiger partial charge < -0.3 is 20.1 Å². The zero-order valence-electron chi connectivity index (χ0n) is 28.2. The lowest BCUT2D eigenvalue weighted by Gasteiger charge is -2.34. The first-order valence-corrected chi connectivity index (χ1v) is 17.6. The minimum absolute atomic E-state index is 0.0527. The number of rotatable bonds is 16. The smallest absolute Gasteiger partial charge is 0.328 e. The summed E-state index contributed by atoms with van der Waals surface area (Å²) < 4.78 is 34.0. The molecule has 12 heteroatoms. The molecule has 0 saturated carbocycles. The van der Waals surface area contributed by atoms with Gasteiger partial charge in [-0.15, -0.1) is 0 Å². The molecule has 0 bridgehead atoms. The van der Waals surface area contributed by atoms with E-state index in [0.29, 0.717) is 5.75 Å². The predicted molar refractivity (Wildman–Crippen MR) is 182 cm³/mol. The summed E-state index contributed by atoms with van der Waals surface area (Å²) in [5.74, 6) is -0.871. The fraction of sp³-hybridized carbons (Fsp3) is 0.417. The lowest BCUT2D eigenvalue weighted by Crippen LogP contribution is -2.57. The van der Waals surface area contributed by atoms with Crippen LogP contribution in [0.15, 0.2) is 89.8 Å². The third-order valence-electron chi connectivity index (χ3n) is 8.25. The van der Waals surface area contributed by atoms with Gasteiger partial charge in [0.15, 0.2) is 0 Å². The summed E-state index contributed by atoms with van der Waals surface area (Å²) in [6, 6.07) is 21.9. The quantitative estimate of drug-likeness (QED) is 0.219. The predicted octanol–water partition coefficient (Wildman–Crippen LogP) is 3.92. The molecule has 0 spiro atoms. The molecule has 4 amide bonds. The van der Waals surface area contributed by atoms with Crippen molar-refractivity contribution in [3.63, 3.8) is 0 Å². The summed E-state index contributed by atoms with van der Waals surface area (Å²) in [6.07, 6.45) is -1.12. The molecule has 48 heavy (non-hydrogen) atoms. The van der Waals surface area contributed by atoms with E-state index in [1.807, 2.05) is 74.5 Å². The number of nitrogens with one attached hydrogen (secondary N) is 1. The van der Waals surface area contributed by atoms with Gasteiger partial charge in [-0.2, -0.15) is 4.31 Å². The van der Waals surface area contributed by atoms with Crippen LogP contribution in [-0.2, 0) is 32.6 Å². The lowest BCUT2D eigenvalue weighted by molar-refractivity contribution is -0.129. The molecular weight excluding hydrogens is 632 g/mol. The van der Waals surface area contributed by atoms with Crippen molar-refractivity contribution in [3.05, 3.63) is 96.1 Å². The Balaban J connectivity index is 1.59. The Morgan fingerprint density at radius 1 is 0.896 bits per heavy atom. The topological polar surface area (TPSA) is 137 Å². The molecule has 3 atom stereocenters. The van der Waals surface area contributed by atoms with Crippen molar-refractivity contribution in [1.82, 2.24) is 19.4 Å². The number of ether oxygens (including phenoxy) is 1. The highest BCUT2D eigenvalue weighted by Gasteiger charge is 2.44. The normalized spacial score (nSPS) is 15.7. The first-order valence-electron chi connectivity index (χ1n) is 16.1. The number of urea groups is 1. The molecule has 1 fully saturated rings. The summed E-state index contributed by atoms with van der Waals surface area (Å²) in [6.45, 7) is 7.02. The Hall–Kier alpha value is -4.26. The number of hydrogen-bond donors (Lipinski definition) is 2. The van der Waals surface area contributed by atoms with Crippen LogP contribution >= 0.6 is 0 Å². The molecule has 258 valence electrons. The van der Waals surface area contributed by atoms with Crippen molar-refractivity contribution in [3.8, 4) is 5.75 Å². The molecule has 11 nitrogen and oxygen atoms in total. The van der Waals surface area contributed by atoms with E-state index in [2.05, 4.69) is 5.32 Å². The summed E-state index contributed by atoms with van der Waals surface area (Å²) in [4.78, 5) is 43.0. The molecule has 3 aromatic rings. The molecular formula is C36H46N4O7S. The van der Waals surface area contributed by atoms with Gasteiger partial charge in [-0.3, -0.25) is 14.5 Å². The van der Waals surface area contributed by atoms with Crippen LogP contribution in [0.25, 0.3) is 0 Å². The van der Waals surface area contributed by atoms with Crippen molar-refractivity contribution in [2.24, 2.45) is 11.8 Å². The number of nitrogens with zero attached hydrogens (tertiary/aromatic N) is 3. The van der Waals surface area contributed by atoms with Gasteiger partial charge in [0, 0.05) is 13.1 Å². The van der Waals surface area contributed by atoms with Crippen molar-refractivity contribution < 1.29 is 32.6 Å². The largest absolute Gasteiger partial charge is 0.497 e. The van der Waals surface area contributed by atoms with E-state index >= 15 is 0 Å². The molecule has 4 rings (SSSR count). The van der Waals surface area contributed by atoms with Gasteiger partial charge in [-0.05, 0) is 53.6 Å². The second-order valence-corrected chi connectivity index (χ2v) is 14.8. The number of carbonyl (C=O) groups excluding carboxylic acids is 3. The number of carbonyl (C=O) groups is 3. The van der Waals surface area contributed by atoms with Crippen LogP contribution in [0.3, 0.4) is 0 Å². The first kappa shape index (κ1) is 36.6. The fourth-order valence-electron chi connectivity index (χ4n) is 5.83. The second kappa shape index (κ2) is 16.2. The highest BCUT2D eigenvalue weighted by Crippen LogP contribution is 2.24.